The third kappa shape index (κ3) is 37.8. The second-order valence-corrected chi connectivity index (χ2v) is 37.2. The second-order valence-electron chi connectivity index (χ2n) is 36.5. The molecule has 54 heteroatoms. The van der Waals surface area contributed by atoms with Gasteiger partial charge in [0.05, 0.1) is 44.4 Å². The number of benzene rings is 3. The number of carboxylic acid groups (broad SMARTS) is 5. The number of aliphatic carboxylic acids is 5. The Morgan fingerprint density at radius 1 is 0.401 bits per heavy atom. The maximum atomic E-state index is 14.7. The SMILES string of the molecule is CC(C)C[C@H](NC(=O)[C@H](Cc1c[nH]c2ccccc12)NC(=O)[C@H](CS)NC(=O)[C@H](C)NC(=O)[C@@H](NC(=O)[C@H](CO)NC(=O)[C@H](CCC(=O)O)NC(=O)[C@H](Cc1ccc(O)cc1)NC(=O)[C@H](CC(N)=O)NC(=O)[C@@H](NC(=O)[C@H](CC(=O)O)NC(=O)[C@H](CC(=O)O)NC(=O)[C@H](Cc1c[nH]c2ccccc12)NC(=O)[C@H](CS)NC(=O)[C@H](C)NC(=O)[C@@H]1CCCN1C(=O)[C@@H](N)CC(C)C)C(C)C)[C@@H](C)O)C(=O)N[C@@H](CC(=O)O)C(=O)O. The van der Waals surface area contributed by atoms with E-state index in [1.54, 1.807) is 68.6 Å². The fourth-order valence-electron chi connectivity index (χ4n) is 15.5. The number of carbonyl (C=O) groups excluding carboxylic acids is 18. The molecule has 0 unspecified atom stereocenters. The minimum atomic E-state index is -2.27. The van der Waals surface area contributed by atoms with Gasteiger partial charge in [-0.1, -0.05) is 90.1 Å². The molecule has 0 spiro atoms. The molecule has 1 fully saturated rings. The molecule has 0 saturated carbocycles. The lowest BCUT2D eigenvalue weighted by atomic mass is 10.00. The highest BCUT2D eigenvalue weighted by atomic mass is 32.1. The van der Waals surface area contributed by atoms with Crippen molar-refractivity contribution < 1.29 is 151 Å². The Bertz CT molecular complexity index is 5600. The van der Waals surface area contributed by atoms with E-state index in [2.05, 4.69) is 120 Å². The zero-order chi connectivity index (χ0) is 110. The van der Waals surface area contributed by atoms with Crippen molar-refractivity contribution in [2.45, 2.75) is 261 Å². The standard InChI is InChI=1S/C93H129N21O31S2/c1-41(2)27-53(94)92(143)114-26-14-19-68(114)89(140)98-44(7)76(127)110-66(39-146)87(138)104-60(31-49-37-97-55-18-13-11-16-52(49)55)82(133)105-62(33-71(121)122)84(135)106-63(34-72(123)124)85(136)112-74(43(5)6)90(141)107-61(32-69(95)118)83(134)102-58(29-47-20-22-50(117)23-21-47)80(131)100-56(24-25-70(119)120)78(129)109-65(38-115)86(137)113-75(46(9)116)91(142)99-45(8)77(128)111-67(40-147)88(139)103-59(30-48-36-96-54-17-12-10-15-51(48)54)81(132)101-57(28-42(3)4)79(130)108-64(93(144)145)35-73(125)126/h10-13,15-18,20-23,36-37,41-46,53,56-68,74-75,96-97,115-117,146-147H,14,19,24-35,38-40,94H2,1-9H3,(H2,95,118)(H,98,140)(H,99,142)(H,100,131)(H,101,132)(H,102,134)(H,103,139)(H,104,138)(H,105,133)(H,106,135)(H,107,141)(H,108,130)(H,109,129)(H,110,127)(H,111,128)(H,112,136)(H,113,137)(H,119,120)(H,121,122)(H,123,124)(H,125,126)(H,144,145)/t44-,45-,46+,53-,56-,57-,58-,59-,60-,61-,62-,63-,64-,65-,66-,67-,68-,74-,75-/m0/s1. The highest BCUT2D eigenvalue weighted by Crippen LogP contribution is 2.25. The van der Waals surface area contributed by atoms with E-state index in [0.29, 0.717) is 45.8 Å². The lowest BCUT2D eigenvalue weighted by Gasteiger charge is -2.29. The van der Waals surface area contributed by atoms with Crippen LogP contribution in [0, 0.1) is 17.8 Å². The third-order valence-corrected chi connectivity index (χ3v) is 24.0. The fourth-order valence-corrected chi connectivity index (χ4v) is 16.0. The van der Waals surface area contributed by atoms with Crippen LogP contribution in [0.4, 0.5) is 0 Å². The number of hydrogen-bond donors (Lipinski definition) is 30. The number of fused-ring (bicyclic) bond motifs is 2. The van der Waals surface area contributed by atoms with E-state index in [4.69, 9.17) is 11.5 Å². The summed E-state index contributed by atoms with van der Waals surface area (Å²) in [5.41, 5.74) is 13.9. The van der Waals surface area contributed by atoms with Crippen LogP contribution in [-0.4, -0.2) is 331 Å². The molecule has 3 aromatic carbocycles. The van der Waals surface area contributed by atoms with Crippen molar-refractivity contribution in [1.29, 1.82) is 0 Å². The van der Waals surface area contributed by atoms with Gasteiger partial charge in [-0.15, -0.1) is 0 Å². The molecule has 1 aliphatic heterocycles. The van der Waals surface area contributed by atoms with Gasteiger partial charge in [-0.3, -0.25) is 105 Å². The number of aromatic nitrogens is 2. The van der Waals surface area contributed by atoms with Gasteiger partial charge in [-0.2, -0.15) is 25.3 Å². The number of likely N-dealkylation sites (tertiary alicyclic amines) is 1. The number of nitrogens with zero attached hydrogens (tertiary/aromatic N) is 1. The molecular weight excluding hydrogens is 1970 g/mol. The number of amides is 18. The van der Waals surface area contributed by atoms with E-state index >= 15 is 0 Å². The van der Waals surface area contributed by atoms with Gasteiger partial charge in [-0.25, -0.2) is 4.79 Å². The van der Waals surface area contributed by atoms with Crippen molar-refractivity contribution in [2.75, 3.05) is 24.7 Å². The number of primary amides is 1. The van der Waals surface area contributed by atoms with Crippen LogP contribution in [-0.2, 0) is 130 Å². The molecule has 0 radical (unpaired) electrons. The first kappa shape index (κ1) is 121. The summed E-state index contributed by atoms with van der Waals surface area (Å²) in [6.45, 7) is 12.0. The van der Waals surface area contributed by atoms with Gasteiger partial charge < -0.3 is 152 Å². The molecule has 0 aliphatic carbocycles. The summed E-state index contributed by atoms with van der Waals surface area (Å²) in [4.78, 5) is 322. The largest absolute Gasteiger partial charge is 0.508 e. The molecule has 2 aromatic heterocycles. The Balaban J connectivity index is 1.16. The van der Waals surface area contributed by atoms with Crippen LogP contribution in [0.15, 0.2) is 85.2 Å². The summed E-state index contributed by atoms with van der Waals surface area (Å²) < 4.78 is 0. The van der Waals surface area contributed by atoms with Gasteiger partial charge in [-0.05, 0) is 112 Å². The van der Waals surface area contributed by atoms with Crippen LogP contribution in [0.3, 0.4) is 0 Å². The maximum Gasteiger partial charge on any atom is 0.326 e. The summed E-state index contributed by atoms with van der Waals surface area (Å²) in [5.74, 6) is -32.4. The number of carboxylic acids is 5. The van der Waals surface area contributed by atoms with Gasteiger partial charge in [0, 0.05) is 77.9 Å². The Labute approximate surface area is 852 Å². The van der Waals surface area contributed by atoms with Gasteiger partial charge in [0.15, 0.2) is 0 Å². The highest BCUT2D eigenvalue weighted by Gasteiger charge is 2.43. The first-order chi connectivity index (χ1) is 69.1. The van der Waals surface area contributed by atoms with E-state index in [1.165, 1.54) is 44.0 Å². The summed E-state index contributed by atoms with van der Waals surface area (Å²) in [5, 5.41) is 119. The smallest absolute Gasteiger partial charge is 0.326 e. The van der Waals surface area contributed by atoms with Crippen LogP contribution in [0.1, 0.15) is 143 Å². The van der Waals surface area contributed by atoms with Crippen molar-refractivity contribution in [3.05, 3.63) is 102 Å². The van der Waals surface area contributed by atoms with E-state index < -0.39 is 326 Å². The van der Waals surface area contributed by atoms with Crippen LogP contribution >= 0.6 is 25.3 Å². The number of phenols is 1. The number of thiol groups is 2. The number of aromatic amines is 2. The summed E-state index contributed by atoms with van der Waals surface area (Å²) in [6, 6.07) is -13.4. The Kier molecular flexibility index (Phi) is 47.2. The molecule has 804 valence electrons. The summed E-state index contributed by atoms with van der Waals surface area (Å²) in [7, 11) is 0. The molecule has 5 aromatic rings. The predicted molar refractivity (Wildman–Crippen MR) is 526 cm³/mol. The monoisotopic (exact) mass is 2100 g/mol. The van der Waals surface area contributed by atoms with Crippen LogP contribution in [0.25, 0.3) is 21.8 Å². The average molecular weight is 2100 g/mol. The minimum Gasteiger partial charge on any atom is -0.508 e. The minimum absolute atomic E-state index is 0.0651. The van der Waals surface area contributed by atoms with Crippen molar-refractivity contribution in [1.82, 2.24) is 99.9 Å². The number of aromatic hydroxyl groups is 1. The number of H-pyrrole nitrogens is 2. The highest BCUT2D eigenvalue weighted by molar-refractivity contribution is 7.80. The Morgan fingerprint density at radius 2 is 0.769 bits per heavy atom. The third-order valence-electron chi connectivity index (χ3n) is 23.3. The van der Waals surface area contributed by atoms with Gasteiger partial charge >= 0.3 is 29.8 Å². The topological polar surface area (TPSA) is 834 Å². The molecule has 6 rings (SSSR count). The molecule has 3 heterocycles. The molecule has 1 aliphatic rings. The molecule has 19 atom stereocenters. The first-order valence-corrected chi connectivity index (χ1v) is 48.1. The van der Waals surface area contributed by atoms with Gasteiger partial charge in [0.25, 0.3) is 0 Å². The number of aliphatic hydroxyl groups is 2. The number of rotatable bonds is 60. The molecule has 30 N–H and O–H groups in total. The molecule has 52 nitrogen and oxygen atoms in total. The van der Waals surface area contributed by atoms with Gasteiger partial charge in [0.1, 0.15) is 108 Å². The number of hydrogen-bond acceptors (Lipinski definition) is 29. The van der Waals surface area contributed by atoms with Crippen molar-refractivity contribution in [2.24, 2.45) is 29.2 Å². The van der Waals surface area contributed by atoms with E-state index in [0.717, 1.165) is 26.0 Å². The van der Waals surface area contributed by atoms with E-state index in [1.807, 2.05) is 13.8 Å². The van der Waals surface area contributed by atoms with Crippen molar-refractivity contribution >= 4 is 183 Å². The summed E-state index contributed by atoms with van der Waals surface area (Å²) in [6.07, 6.45) is -5.78. The maximum absolute atomic E-state index is 14.7. The lowest BCUT2D eigenvalue weighted by Crippen LogP contribution is -2.62. The van der Waals surface area contributed by atoms with Crippen molar-refractivity contribution in [3.8, 4) is 5.75 Å². The molecule has 1 saturated heterocycles. The fraction of sp³-hybridized carbons (Fsp3) is 0.516. The Morgan fingerprint density at radius 3 is 1.21 bits per heavy atom. The van der Waals surface area contributed by atoms with Crippen LogP contribution < -0.4 is 96.5 Å². The predicted octanol–water partition coefficient (Wildman–Crippen LogP) is -6.27. The molecular formula is C93H129N21O31S2. The molecule has 147 heavy (non-hydrogen) atoms. The quantitative estimate of drug-likeness (QED) is 0.0161. The van der Waals surface area contributed by atoms with E-state index in [-0.39, 0.29) is 49.0 Å². The Hall–Kier alpha value is -15.1. The zero-order valence-electron chi connectivity index (χ0n) is 81.8. The van der Waals surface area contributed by atoms with Crippen molar-refractivity contribution in [3.63, 3.8) is 0 Å². The number of aliphatic hydroxyl groups excluding tert-OH is 2. The number of nitrogens with one attached hydrogen (secondary N) is 18. The van der Waals surface area contributed by atoms with Crippen LogP contribution in [0.2, 0.25) is 0 Å². The number of carbonyl (C=O) groups is 23. The number of nitrogens with two attached hydrogens (primary N) is 2. The number of para-hydroxylation sites is 2. The van der Waals surface area contributed by atoms with Crippen LogP contribution in [0.5, 0.6) is 5.75 Å². The average Bonchev–Trinajstić information content (AvgIpc) is 1.61. The molecule has 18 amide bonds. The normalized spacial score (nSPS) is 16.0. The van der Waals surface area contributed by atoms with E-state index in [9.17, 15) is 151 Å². The lowest BCUT2D eigenvalue weighted by molar-refractivity contribution is -0.147. The van der Waals surface area contributed by atoms with Gasteiger partial charge in [0.2, 0.25) is 106 Å². The second kappa shape index (κ2) is 57.6. The molecule has 0 bridgehead atoms. The zero-order valence-corrected chi connectivity index (χ0v) is 83.6. The summed E-state index contributed by atoms with van der Waals surface area (Å²) >= 11 is 8.48. The number of phenolic OH excluding ortho intramolecular Hbond substituents is 1. The first-order valence-electron chi connectivity index (χ1n) is 46.8.